The molecule has 1 amide bonds. The van der Waals surface area contributed by atoms with Crippen molar-refractivity contribution in [3.05, 3.63) is 87.2 Å². The van der Waals surface area contributed by atoms with Crippen LogP contribution in [0.15, 0.2) is 70.5 Å². The smallest absolute Gasteiger partial charge is 0.321 e. The lowest BCUT2D eigenvalue weighted by Gasteiger charge is -2.12. The molecule has 2 aromatic carbocycles. The van der Waals surface area contributed by atoms with Gasteiger partial charge in [0.1, 0.15) is 12.3 Å². The molecule has 0 saturated heterocycles. The van der Waals surface area contributed by atoms with E-state index in [9.17, 15) is 14.4 Å². The van der Waals surface area contributed by atoms with Gasteiger partial charge in [-0.3, -0.25) is 23.5 Å². The fraction of sp³-hybridized carbons (Fsp3) is 0.100. The molecule has 0 radical (unpaired) electrons. The molecule has 28 heavy (non-hydrogen) atoms. The third-order valence-corrected chi connectivity index (χ3v) is 3.99. The molecule has 140 valence electrons. The lowest BCUT2D eigenvalue weighted by atomic mass is 10.2. The van der Waals surface area contributed by atoms with Gasteiger partial charge in [0.05, 0.1) is 24.4 Å². The number of nitriles is 1. The molecule has 0 aliphatic carbocycles. The minimum Gasteiger partial charge on any atom is -0.495 e. The first-order chi connectivity index (χ1) is 13.5. The van der Waals surface area contributed by atoms with Crippen molar-refractivity contribution in [2.75, 3.05) is 12.4 Å². The number of carbonyl (C=O) groups excluding carboxylic acids is 1. The maximum atomic E-state index is 12.5. The Morgan fingerprint density at radius 1 is 1.11 bits per heavy atom. The van der Waals surface area contributed by atoms with E-state index in [2.05, 4.69) is 5.32 Å². The van der Waals surface area contributed by atoms with E-state index in [1.54, 1.807) is 42.5 Å². The van der Waals surface area contributed by atoms with Crippen molar-refractivity contribution in [1.82, 2.24) is 9.13 Å². The van der Waals surface area contributed by atoms with Crippen LogP contribution in [-0.4, -0.2) is 22.2 Å². The van der Waals surface area contributed by atoms with Crippen LogP contribution in [0.5, 0.6) is 5.75 Å². The summed E-state index contributed by atoms with van der Waals surface area (Å²) in [6.45, 7) is -0.336. The van der Waals surface area contributed by atoms with Crippen LogP contribution in [0.2, 0.25) is 0 Å². The summed E-state index contributed by atoms with van der Waals surface area (Å²) >= 11 is 0. The van der Waals surface area contributed by atoms with Crippen molar-refractivity contribution in [2.24, 2.45) is 0 Å². The lowest BCUT2D eigenvalue weighted by Crippen LogP contribution is -2.41. The minimum absolute atomic E-state index is 0.336. The Morgan fingerprint density at radius 2 is 1.89 bits per heavy atom. The van der Waals surface area contributed by atoms with E-state index in [-0.39, 0.29) is 6.54 Å². The number of hydrogen-bond acceptors (Lipinski definition) is 5. The minimum atomic E-state index is -0.839. The molecule has 0 atom stereocenters. The second kappa shape index (κ2) is 8.05. The van der Waals surface area contributed by atoms with Crippen molar-refractivity contribution in [2.45, 2.75) is 6.54 Å². The molecule has 0 aliphatic rings. The summed E-state index contributed by atoms with van der Waals surface area (Å²) in [4.78, 5) is 37.1. The van der Waals surface area contributed by atoms with E-state index in [1.807, 2.05) is 6.07 Å². The summed E-state index contributed by atoms with van der Waals surface area (Å²) in [7, 11) is 1.47. The van der Waals surface area contributed by atoms with Crippen LogP contribution >= 0.6 is 0 Å². The SMILES string of the molecule is COc1ccccc1-n1ccn(CC(=O)Nc2cccc(C#N)c2)c(=O)c1=O. The molecule has 0 spiro atoms. The Balaban J connectivity index is 1.85. The summed E-state index contributed by atoms with van der Waals surface area (Å²) in [5, 5.41) is 11.5. The zero-order valence-electron chi connectivity index (χ0n) is 15.0. The highest BCUT2D eigenvalue weighted by Crippen LogP contribution is 2.19. The normalized spacial score (nSPS) is 10.1. The number of para-hydroxylation sites is 2. The van der Waals surface area contributed by atoms with E-state index >= 15 is 0 Å². The lowest BCUT2D eigenvalue weighted by molar-refractivity contribution is -0.116. The highest BCUT2D eigenvalue weighted by atomic mass is 16.5. The predicted molar refractivity (Wildman–Crippen MR) is 103 cm³/mol. The van der Waals surface area contributed by atoms with Crippen molar-refractivity contribution >= 4 is 11.6 Å². The summed E-state index contributed by atoms with van der Waals surface area (Å²) in [5.74, 6) is -0.0523. The molecular weight excluding hydrogens is 360 g/mol. The fourth-order valence-electron chi connectivity index (χ4n) is 2.67. The van der Waals surface area contributed by atoms with Crippen LogP contribution in [0, 0.1) is 11.3 Å². The average Bonchev–Trinajstić information content (AvgIpc) is 2.71. The van der Waals surface area contributed by atoms with Gasteiger partial charge in [-0.2, -0.15) is 5.26 Å². The van der Waals surface area contributed by atoms with Gasteiger partial charge >= 0.3 is 11.1 Å². The maximum Gasteiger partial charge on any atom is 0.321 e. The van der Waals surface area contributed by atoms with E-state index in [1.165, 1.54) is 30.1 Å². The van der Waals surface area contributed by atoms with Gasteiger partial charge in [-0.05, 0) is 30.3 Å². The van der Waals surface area contributed by atoms with Gasteiger partial charge in [0.15, 0.2) is 0 Å². The predicted octanol–water partition coefficient (Wildman–Crippen LogP) is 1.52. The second-order valence-corrected chi connectivity index (χ2v) is 5.82. The maximum absolute atomic E-state index is 12.5. The molecule has 1 aromatic heterocycles. The van der Waals surface area contributed by atoms with Gasteiger partial charge in [-0.1, -0.05) is 18.2 Å². The largest absolute Gasteiger partial charge is 0.495 e. The van der Waals surface area contributed by atoms with Gasteiger partial charge in [0.25, 0.3) is 0 Å². The summed E-state index contributed by atoms with van der Waals surface area (Å²) in [6, 6.07) is 15.2. The first kappa shape index (κ1) is 18.7. The number of benzene rings is 2. The summed E-state index contributed by atoms with van der Waals surface area (Å²) in [6.07, 6.45) is 2.77. The van der Waals surface area contributed by atoms with Gasteiger partial charge in [-0.25, -0.2) is 0 Å². The van der Waals surface area contributed by atoms with Gasteiger partial charge < -0.3 is 10.1 Å². The van der Waals surface area contributed by atoms with E-state index in [0.29, 0.717) is 22.7 Å². The van der Waals surface area contributed by atoms with Crippen molar-refractivity contribution in [1.29, 1.82) is 5.26 Å². The zero-order chi connectivity index (χ0) is 20.1. The Morgan fingerprint density at radius 3 is 2.64 bits per heavy atom. The van der Waals surface area contributed by atoms with E-state index in [4.69, 9.17) is 10.00 Å². The molecule has 0 aliphatic heterocycles. The average molecular weight is 376 g/mol. The number of rotatable bonds is 5. The van der Waals surface area contributed by atoms with Crippen LogP contribution < -0.4 is 21.2 Å². The Bertz CT molecular complexity index is 1190. The molecule has 0 fully saturated rings. The van der Waals surface area contributed by atoms with E-state index < -0.39 is 17.0 Å². The number of nitrogens with one attached hydrogen (secondary N) is 1. The third kappa shape index (κ3) is 3.83. The van der Waals surface area contributed by atoms with Gasteiger partial charge in [-0.15, -0.1) is 0 Å². The zero-order valence-corrected chi connectivity index (χ0v) is 15.0. The molecular formula is C20H16N4O4. The topological polar surface area (TPSA) is 106 Å². The first-order valence-corrected chi connectivity index (χ1v) is 8.29. The number of amides is 1. The monoisotopic (exact) mass is 376 g/mol. The number of nitrogens with zero attached hydrogens (tertiary/aromatic N) is 3. The van der Waals surface area contributed by atoms with Crippen LogP contribution in [-0.2, 0) is 11.3 Å². The van der Waals surface area contributed by atoms with E-state index in [0.717, 1.165) is 4.57 Å². The number of anilines is 1. The number of aromatic nitrogens is 2. The molecule has 1 N–H and O–H groups in total. The van der Waals surface area contributed by atoms with Gasteiger partial charge in [0, 0.05) is 18.1 Å². The molecule has 0 saturated carbocycles. The number of ether oxygens (including phenoxy) is 1. The molecule has 8 heteroatoms. The Labute approximate surface area is 159 Å². The number of carbonyl (C=O) groups is 1. The third-order valence-electron chi connectivity index (χ3n) is 3.99. The first-order valence-electron chi connectivity index (χ1n) is 8.29. The van der Waals surface area contributed by atoms with Crippen LogP contribution in [0.4, 0.5) is 5.69 Å². The van der Waals surface area contributed by atoms with Crippen molar-refractivity contribution in [3.8, 4) is 17.5 Å². The van der Waals surface area contributed by atoms with Crippen LogP contribution in [0.25, 0.3) is 5.69 Å². The number of hydrogen-bond donors (Lipinski definition) is 1. The second-order valence-electron chi connectivity index (χ2n) is 5.82. The molecule has 3 rings (SSSR count). The summed E-state index contributed by atoms with van der Waals surface area (Å²) < 4.78 is 7.42. The molecule has 1 heterocycles. The molecule has 0 bridgehead atoms. The molecule has 3 aromatic rings. The highest BCUT2D eigenvalue weighted by Gasteiger charge is 2.12. The summed E-state index contributed by atoms with van der Waals surface area (Å²) in [5.41, 5.74) is -0.383. The quantitative estimate of drug-likeness (QED) is 0.680. The Hall–Kier alpha value is -4.12. The van der Waals surface area contributed by atoms with Crippen molar-refractivity contribution < 1.29 is 9.53 Å². The molecule has 8 nitrogen and oxygen atoms in total. The standard InChI is InChI=1S/C20H16N4O4/c1-28-17-8-3-2-7-16(17)24-10-9-23(19(26)20(24)27)13-18(25)22-15-6-4-5-14(11-15)12-21/h2-11H,13H2,1H3,(H,22,25). The van der Waals surface area contributed by atoms with Crippen LogP contribution in [0.1, 0.15) is 5.56 Å². The fourth-order valence-corrected chi connectivity index (χ4v) is 2.67. The van der Waals surface area contributed by atoms with Gasteiger partial charge in [0.2, 0.25) is 5.91 Å². The van der Waals surface area contributed by atoms with Crippen LogP contribution in [0.3, 0.4) is 0 Å². The number of methoxy groups -OCH3 is 1. The molecule has 0 unspecified atom stereocenters. The Kier molecular flexibility index (Phi) is 5.37. The van der Waals surface area contributed by atoms with Crippen molar-refractivity contribution in [3.63, 3.8) is 0 Å². The highest BCUT2D eigenvalue weighted by molar-refractivity contribution is 5.90.